The van der Waals surface area contributed by atoms with Crippen molar-refractivity contribution in [2.24, 2.45) is 0 Å². The third-order valence-corrected chi connectivity index (χ3v) is 6.06. The Labute approximate surface area is 147 Å². The van der Waals surface area contributed by atoms with Crippen LogP contribution >= 0.6 is 7.37 Å². The van der Waals surface area contributed by atoms with Crippen LogP contribution < -0.4 is 0 Å². The molecule has 25 heavy (non-hydrogen) atoms. The fourth-order valence-electron chi connectivity index (χ4n) is 2.47. The largest absolute Gasteiger partial charge is 0.345 e. The van der Waals surface area contributed by atoms with Gasteiger partial charge in [0, 0.05) is 24.3 Å². The maximum atomic E-state index is 13.4. The average Bonchev–Trinajstić information content (AvgIpc) is 2.54. The van der Waals surface area contributed by atoms with Crippen LogP contribution in [-0.2, 0) is 18.6 Å². The highest BCUT2D eigenvalue weighted by molar-refractivity contribution is 7.59. The van der Waals surface area contributed by atoms with Crippen molar-refractivity contribution >= 4 is 7.37 Å². The molecule has 0 aliphatic heterocycles. The first kappa shape index (κ1) is 21.7. The summed E-state index contributed by atoms with van der Waals surface area (Å²) in [6.07, 6.45) is -0.127. The minimum atomic E-state index is -3.49. The van der Waals surface area contributed by atoms with Gasteiger partial charge < -0.3 is 14.0 Å². The first-order valence-corrected chi connectivity index (χ1v) is 10.1. The van der Waals surface area contributed by atoms with Crippen molar-refractivity contribution in [2.75, 3.05) is 32.5 Å². The van der Waals surface area contributed by atoms with E-state index in [4.69, 9.17) is 14.0 Å². The molecule has 0 radical (unpaired) electrons. The molecule has 0 N–H and O–H groups in total. The number of nitro groups is 1. The topological polar surface area (TPSA) is 87.9 Å². The van der Waals surface area contributed by atoms with Gasteiger partial charge in [-0.3, -0.25) is 14.7 Å². The van der Waals surface area contributed by atoms with Gasteiger partial charge in [0.05, 0.1) is 12.5 Å². The Hall–Kier alpha value is -1.34. The van der Waals surface area contributed by atoms with Crippen LogP contribution in [0.4, 0.5) is 4.39 Å². The van der Waals surface area contributed by atoms with E-state index in [2.05, 4.69) is 0 Å². The van der Waals surface area contributed by atoms with E-state index < -0.39 is 36.6 Å². The maximum Gasteiger partial charge on any atom is 0.258 e. The first-order chi connectivity index (χ1) is 11.9. The van der Waals surface area contributed by atoms with Crippen LogP contribution in [0.5, 0.6) is 0 Å². The summed E-state index contributed by atoms with van der Waals surface area (Å²) in [5.74, 6) is -1.16. The van der Waals surface area contributed by atoms with E-state index >= 15 is 0 Å². The zero-order chi connectivity index (χ0) is 18.9. The molecule has 0 aliphatic carbocycles. The lowest BCUT2D eigenvalue weighted by molar-refractivity contribution is -0.482. The SMILES string of the molecule is CCOC(OCC)P(=O)(CC(C[N+](=O)[O-])c1ccc(F)cc1)OCC. The fourth-order valence-corrected chi connectivity index (χ4v) is 5.00. The summed E-state index contributed by atoms with van der Waals surface area (Å²) in [4.78, 5) is 10.6. The van der Waals surface area contributed by atoms with Crippen molar-refractivity contribution in [1.29, 1.82) is 0 Å². The number of hydrogen-bond acceptors (Lipinski definition) is 6. The van der Waals surface area contributed by atoms with Gasteiger partial charge in [0.1, 0.15) is 5.82 Å². The average molecular weight is 377 g/mol. The molecule has 0 saturated heterocycles. The third-order valence-electron chi connectivity index (χ3n) is 3.47. The zero-order valence-corrected chi connectivity index (χ0v) is 15.6. The molecule has 0 aliphatic rings. The molecule has 0 fully saturated rings. The van der Waals surface area contributed by atoms with E-state index in [1.807, 2.05) is 0 Å². The van der Waals surface area contributed by atoms with Crippen molar-refractivity contribution in [2.45, 2.75) is 32.7 Å². The molecule has 0 bridgehead atoms. The summed E-state index contributed by atoms with van der Waals surface area (Å²) in [5.41, 5.74) is 0.518. The molecule has 0 amide bonds. The number of halogens is 1. The summed E-state index contributed by atoms with van der Waals surface area (Å²) in [6, 6.07) is 4.26. The van der Waals surface area contributed by atoms with Crippen LogP contribution in [0.2, 0.25) is 0 Å². The number of rotatable bonds is 12. The Morgan fingerprint density at radius 2 is 1.68 bits per heavy atom. The lowest BCUT2D eigenvalue weighted by atomic mass is 10.0. The van der Waals surface area contributed by atoms with E-state index in [0.717, 1.165) is 0 Å². The van der Waals surface area contributed by atoms with Gasteiger partial charge in [-0.1, -0.05) is 12.1 Å². The monoisotopic (exact) mass is 377 g/mol. The Balaban J connectivity index is 3.15. The van der Waals surface area contributed by atoms with Crippen molar-refractivity contribution in [3.63, 3.8) is 0 Å². The number of hydrogen-bond donors (Lipinski definition) is 0. The zero-order valence-electron chi connectivity index (χ0n) is 14.7. The highest BCUT2D eigenvalue weighted by atomic mass is 31.2. The molecular formula is C16H25FNO6P. The van der Waals surface area contributed by atoms with Crippen LogP contribution in [0.3, 0.4) is 0 Å². The summed E-state index contributed by atoms with van der Waals surface area (Å²) in [7, 11) is -3.49. The molecule has 0 heterocycles. The summed E-state index contributed by atoms with van der Waals surface area (Å²) < 4.78 is 42.8. The van der Waals surface area contributed by atoms with E-state index in [1.165, 1.54) is 24.3 Å². The van der Waals surface area contributed by atoms with E-state index in [0.29, 0.717) is 5.56 Å². The van der Waals surface area contributed by atoms with Crippen LogP contribution in [0.25, 0.3) is 0 Å². The molecule has 0 aromatic heterocycles. The van der Waals surface area contributed by atoms with Gasteiger partial charge in [-0.05, 0) is 38.5 Å². The number of benzene rings is 1. The molecule has 2 atom stereocenters. The van der Waals surface area contributed by atoms with Crippen molar-refractivity contribution in [1.82, 2.24) is 0 Å². The second-order valence-corrected chi connectivity index (χ2v) is 7.81. The lowest BCUT2D eigenvalue weighted by Crippen LogP contribution is -2.25. The molecule has 1 aromatic carbocycles. The fraction of sp³-hybridized carbons (Fsp3) is 0.625. The quantitative estimate of drug-likeness (QED) is 0.238. The highest BCUT2D eigenvalue weighted by Crippen LogP contribution is 2.55. The summed E-state index contributed by atoms with van der Waals surface area (Å²) in [5, 5.41) is 11.1. The Kier molecular flexibility index (Phi) is 9.21. The molecule has 2 unspecified atom stereocenters. The smallest absolute Gasteiger partial charge is 0.258 e. The van der Waals surface area contributed by atoms with Gasteiger partial charge in [-0.2, -0.15) is 0 Å². The Morgan fingerprint density at radius 3 is 2.12 bits per heavy atom. The van der Waals surface area contributed by atoms with Gasteiger partial charge in [0.15, 0.2) is 0 Å². The molecule has 1 rings (SSSR count). The van der Waals surface area contributed by atoms with Gasteiger partial charge in [-0.15, -0.1) is 0 Å². The highest BCUT2D eigenvalue weighted by Gasteiger charge is 2.40. The predicted octanol–water partition coefficient (Wildman–Crippen LogP) is 3.86. The van der Waals surface area contributed by atoms with Crippen molar-refractivity contribution in [3.8, 4) is 0 Å². The molecule has 0 spiro atoms. The Bertz CT molecular complexity index is 576. The minimum absolute atomic E-state index is 0.127. The van der Waals surface area contributed by atoms with E-state index in [-0.39, 0.29) is 26.0 Å². The number of ether oxygens (including phenoxy) is 2. The van der Waals surface area contributed by atoms with Gasteiger partial charge >= 0.3 is 0 Å². The lowest BCUT2D eigenvalue weighted by Gasteiger charge is -2.28. The number of nitrogens with zero attached hydrogens (tertiary/aromatic N) is 1. The van der Waals surface area contributed by atoms with Crippen LogP contribution in [0, 0.1) is 15.9 Å². The minimum Gasteiger partial charge on any atom is -0.345 e. The van der Waals surface area contributed by atoms with Gasteiger partial charge in [-0.25, -0.2) is 4.39 Å². The third kappa shape index (κ3) is 6.82. The second kappa shape index (κ2) is 10.6. The molecule has 9 heteroatoms. The summed E-state index contributed by atoms with van der Waals surface area (Å²) in [6.45, 7) is 5.38. The molecule has 1 aromatic rings. The summed E-state index contributed by atoms with van der Waals surface area (Å²) >= 11 is 0. The second-order valence-electron chi connectivity index (χ2n) is 5.31. The molecule has 0 saturated carbocycles. The first-order valence-electron chi connectivity index (χ1n) is 8.20. The molecule has 7 nitrogen and oxygen atoms in total. The molecular weight excluding hydrogens is 352 g/mol. The van der Waals surface area contributed by atoms with Crippen molar-refractivity contribution in [3.05, 3.63) is 45.8 Å². The van der Waals surface area contributed by atoms with Gasteiger partial charge in [0.25, 0.3) is 7.37 Å². The van der Waals surface area contributed by atoms with Gasteiger partial charge in [0.2, 0.25) is 12.6 Å². The van der Waals surface area contributed by atoms with Crippen LogP contribution in [0.15, 0.2) is 24.3 Å². The van der Waals surface area contributed by atoms with E-state index in [1.54, 1.807) is 20.8 Å². The normalized spacial score (nSPS) is 15.1. The maximum absolute atomic E-state index is 13.4. The van der Waals surface area contributed by atoms with Crippen molar-refractivity contribution < 1.29 is 27.9 Å². The Morgan fingerprint density at radius 1 is 1.12 bits per heavy atom. The van der Waals surface area contributed by atoms with E-state index in [9.17, 15) is 19.1 Å². The van der Waals surface area contributed by atoms with Crippen LogP contribution in [-0.4, -0.2) is 43.5 Å². The molecule has 142 valence electrons. The standard InChI is InChI=1S/C16H25FNO6P/c1-4-22-16(23-5-2)25(21,24-6-3)12-14(11-18(19)20)13-7-9-15(17)10-8-13/h7-10,14,16H,4-6,11-12H2,1-3H3. The predicted molar refractivity (Wildman–Crippen MR) is 92.1 cm³/mol. The van der Waals surface area contributed by atoms with Crippen LogP contribution in [0.1, 0.15) is 32.3 Å².